The molecule has 1 aliphatic rings. The summed E-state index contributed by atoms with van der Waals surface area (Å²) < 4.78 is 12.8. The van der Waals surface area contributed by atoms with E-state index in [2.05, 4.69) is 15.5 Å². The molecular weight excluding hydrogens is 356 g/mol. The van der Waals surface area contributed by atoms with Gasteiger partial charge in [0.25, 0.3) is 5.89 Å². The van der Waals surface area contributed by atoms with Crippen LogP contribution in [0.4, 0.5) is 5.69 Å². The minimum atomic E-state index is -0.147. The molecule has 0 spiro atoms. The lowest BCUT2D eigenvalue weighted by molar-refractivity contribution is -0.116. The zero-order valence-electron chi connectivity index (χ0n) is 16.6. The van der Waals surface area contributed by atoms with E-state index in [0.29, 0.717) is 23.2 Å². The first kappa shape index (κ1) is 18.3. The van der Waals surface area contributed by atoms with Gasteiger partial charge in [-0.3, -0.25) is 4.79 Å². The first-order chi connectivity index (χ1) is 13.5. The average Bonchev–Trinajstić information content (AvgIpc) is 3.32. The van der Waals surface area contributed by atoms with Crippen molar-refractivity contribution in [1.29, 1.82) is 0 Å². The summed E-state index contributed by atoms with van der Waals surface area (Å²) in [5, 5.41) is 7.06. The van der Waals surface area contributed by atoms with Gasteiger partial charge in [0, 0.05) is 11.6 Å². The van der Waals surface area contributed by atoms with Crippen molar-refractivity contribution in [3.8, 4) is 17.3 Å². The molecule has 1 N–H and O–H groups in total. The van der Waals surface area contributed by atoms with Crippen molar-refractivity contribution in [2.24, 2.45) is 0 Å². The molecule has 1 amide bonds. The Hall–Kier alpha value is -3.09. The lowest BCUT2D eigenvalue weighted by Gasteiger charge is -2.13. The van der Waals surface area contributed by atoms with Gasteiger partial charge in [0.05, 0.1) is 12.8 Å². The zero-order valence-corrected chi connectivity index (χ0v) is 16.6. The predicted molar refractivity (Wildman–Crippen MR) is 106 cm³/mol. The van der Waals surface area contributed by atoms with Gasteiger partial charge < -0.3 is 19.1 Å². The lowest BCUT2D eigenvalue weighted by Crippen LogP contribution is -2.20. The van der Waals surface area contributed by atoms with Crippen LogP contribution in [-0.4, -0.2) is 27.7 Å². The molecule has 0 radical (unpaired) electrons. The molecule has 3 aromatic rings. The summed E-state index contributed by atoms with van der Waals surface area (Å²) in [4.78, 5) is 17.3. The third kappa shape index (κ3) is 3.52. The van der Waals surface area contributed by atoms with E-state index in [0.717, 1.165) is 41.2 Å². The fourth-order valence-electron chi connectivity index (χ4n) is 3.43. The highest BCUT2D eigenvalue weighted by molar-refractivity contribution is 5.92. The van der Waals surface area contributed by atoms with E-state index in [1.54, 1.807) is 7.11 Å². The van der Waals surface area contributed by atoms with E-state index < -0.39 is 0 Å². The Morgan fingerprint density at radius 2 is 2.07 bits per heavy atom. The quantitative estimate of drug-likeness (QED) is 0.699. The third-order valence-electron chi connectivity index (χ3n) is 5.01. The highest BCUT2D eigenvalue weighted by Gasteiger charge is 2.30. The SMILES string of the molecule is COc1ccc(C)cc1NC(=O)Cn1c(C)cc(C)c1-c1nc(C2CC2)no1. The van der Waals surface area contributed by atoms with Crippen LogP contribution in [0.1, 0.15) is 41.4 Å². The van der Waals surface area contributed by atoms with Crippen LogP contribution < -0.4 is 10.1 Å². The van der Waals surface area contributed by atoms with Crippen molar-refractivity contribution in [2.75, 3.05) is 12.4 Å². The van der Waals surface area contributed by atoms with Crippen molar-refractivity contribution in [3.63, 3.8) is 0 Å². The summed E-state index contributed by atoms with van der Waals surface area (Å²) in [6.45, 7) is 6.07. The third-order valence-corrected chi connectivity index (χ3v) is 5.01. The van der Waals surface area contributed by atoms with Crippen LogP contribution in [0, 0.1) is 20.8 Å². The van der Waals surface area contributed by atoms with Crippen LogP contribution >= 0.6 is 0 Å². The molecule has 1 aromatic carbocycles. The first-order valence-corrected chi connectivity index (χ1v) is 9.41. The number of ether oxygens (including phenoxy) is 1. The number of benzene rings is 1. The predicted octanol–water partition coefficient (Wildman–Crippen LogP) is 3.99. The summed E-state index contributed by atoms with van der Waals surface area (Å²) in [6, 6.07) is 7.71. The summed E-state index contributed by atoms with van der Waals surface area (Å²) >= 11 is 0. The molecule has 0 unspecified atom stereocenters. The maximum Gasteiger partial charge on any atom is 0.274 e. The van der Waals surface area contributed by atoms with E-state index in [1.807, 2.05) is 49.6 Å². The minimum Gasteiger partial charge on any atom is -0.495 e. The van der Waals surface area contributed by atoms with Crippen molar-refractivity contribution >= 4 is 11.6 Å². The molecule has 1 fully saturated rings. The number of carbonyl (C=O) groups is 1. The molecule has 0 bridgehead atoms. The number of rotatable bonds is 6. The number of amides is 1. The average molecular weight is 380 g/mol. The molecular formula is C21H24N4O3. The number of hydrogen-bond donors (Lipinski definition) is 1. The minimum absolute atomic E-state index is 0.146. The fourth-order valence-corrected chi connectivity index (χ4v) is 3.43. The molecule has 0 aliphatic heterocycles. The van der Waals surface area contributed by atoms with E-state index >= 15 is 0 Å². The fraction of sp³-hybridized carbons (Fsp3) is 0.381. The van der Waals surface area contributed by atoms with Crippen LogP contribution in [0.25, 0.3) is 11.6 Å². The van der Waals surface area contributed by atoms with Gasteiger partial charge in [0.15, 0.2) is 5.82 Å². The second-order valence-electron chi connectivity index (χ2n) is 7.39. The van der Waals surface area contributed by atoms with Crippen LogP contribution in [0.15, 0.2) is 28.8 Å². The number of aromatic nitrogens is 3. The Morgan fingerprint density at radius 1 is 1.29 bits per heavy atom. The van der Waals surface area contributed by atoms with Crippen LogP contribution in [0.2, 0.25) is 0 Å². The number of nitrogens with one attached hydrogen (secondary N) is 1. The number of anilines is 1. The van der Waals surface area contributed by atoms with Gasteiger partial charge in [-0.15, -0.1) is 0 Å². The topological polar surface area (TPSA) is 82.2 Å². The Bertz CT molecular complexity index is 1030. The normalized spacial score (nSPS) is 13.6. The van der Waals surface area contributed by atoms with Crippen molar-refractivity contribution in [1.82, 2.24) is 14.7 Å². The number of carbonyl (C=O) groups excluding carboxylic acids is 1. The van der Waals surface area contributed by atoms with E-state index in [9.17, 15) is 4.79 Å². The zero-order chi connectivity index (χ0) is 19.8. The van der Waals surface area contributed by atoms with Gasteiger partial charge >= 0.3 is 0 Å². The molecule has 1 saturated carbocycles. The lowest BCUT2D eigenvalue weighted by atomic mass is 10.2. The molecule has 0 saturated heterocycles. The summed E-state index contributed by atoms with van der Waals surface area (Å²) in [6.07, 6.45) is 2.22. The number of nitrogens with zero attached hydrogens (tertiary/aromatic N) is 3. The van der Waals surface area contributed by atoms with Gasteiger partial charge in [0.2, 0.25) is 5.91 Å². The van der Waals surface area contributed by atoms with Crippen molar-refractivity contribution in [3.05, 3.63) is 46.9 Å². The molecule has 2 aromatic heterocycles. The summed E-state index contributed by atoms with van der Waals surface area (Å²) in [5.41, 5.74) is 4.46. The monoisotopic (exact) mass is 380 g/mol. The molecule has 2 heterocycles. The molecule has 0 atom stereocenters. The van der Waals surface area contributed by atoms with E-state index in [-0.39, 0.29) is 12.5 Å². The van der Waals surface area contributed by atoms with Gasteiger partial charge in [-0.1, -0.05) is 11.2 Å². The maximum atomic E-state index is 12.8. The molecule has 7 nitrogen and oxygen atoms in total. The summed E-state index contributed by atoms with van der Waals surface area (Å²) in [7, 11) is 1.59. The largest absolute Gasteiger partial charge is 0.495 e. The van der Waals surface area contributed by atoms with Gasteiger partial charge in [-0.05, 0) is 62.9 Å². The van der Waals surface area contributed by atoms with E-state index in [4.69, 9.17) is 9.26 Å². The molecule has 146 valence electrons. The highest BCUT2D eigenvalue weighted by atomic mass is 16.5. The maximum absolute atomic E-state index is 12.8. The molecule has 7 heteroatoms. The van der Waals surface area contributed by atoms with Crippen LogP contribution in [0.3, 0.4) is 0 Å². The molecule has 1 aliphatic carbocycles. The van der Waals surface area contributed by atoms with Gasteiger partial charge in [-0.2, -0.15) is 4.98 Å². The summed E-state index contributed by atoms with van der Waals surface area (Å²) in [5.74, 6) is 2.12. The molecule has 4 rings (SSSR count). The Labute approximate surface area is 163 Å². The number of methoxy groups -OCH3 is 1. The second kappa shape index (κ2) is 7.14. The van der Waals surface area contributed by atoms with Gasteiger partial charge in [0.1, 0.15) is 18.0 Å². The first-order valence-electron chi connectivity index (χ1n) is 9.41. The van der Waals surface area contributed by atoms with Crippen LogP contribution in [-0.2, 0) is 11.3 Å². The second-order valence-corrected chi connectivity index (χ2v) is 7.39. The van der Waals surface area contributed by atoms with Crippen molar-refractivity contribution < 1.29 is 14.1 Å². The Balaban J connectivity index is 1.59. The standard InChI is InChI=1S/C21H24N4O3/c1-12-5-8-17(27-4)16(9-12)22-18(26)11-25-14(3)10-13(2)19(25)21-23-20(24-28-21)15-6-7-15/h5,8-10,15H,6-7,11H2,1-4H3,(H,22,26). The van der Waals surface area contributed by atoms with Crippen LogP contribution in [0.5, 0.6) is 5.75 Å². The van der Waals surface area contributed by atoms with E-state index in [1.165, 1.54) is 0 Å². The molecule has 28 heavy (non-hydrogen) atoms. The Morgan fingerprint density at radius 3 is 2.79 bits per heavy atom. The van der Waals surface area contributed by atoms with Gasteiger partial charge in [-0.25, -0.2) is 0 Å². The van der Waals surface area contributed by atoms with Crippen molar-refractivity contribution in [2.45, 2.75) is 46.1 Å². The number of aryl methyl sites for hydroxylation is 3. The number of hydrogen-bond acceptors (Lipinski definition) is 5. The Kier molecular flexibility index (Phi) is 4.66. The highest BCUT2D eigenvalue weighted by Crippen LogP contribution is 2.39. The smallest absolute Gasteiger partial charge is 0.274 e.